The molecule has 0 bridgehead atoms. The van der Waals surface area contributed by atoms with Gasteiger partial charge in [-0.05, 0) is 44.1 Å². The number of fused-ring (bicyclic) bond motifs is 1. The lowest BCUT2D eigenvalue weighted by Gasteiger charge is -2.26. The van der Waals surface area contributed by atoms with Crippen LogP contribution in [0.1, 0.15) is 44.9 Å². The van der Waals surface area contributed by atoms with Gasteiger partial charge in [0.1, 0.15) is 0 Å². The molecule has 1 N–H and O–H groups in total. The van der Waals surface area contributed by atoms with Crippen molar-refractivity contribution in [1.29, 1.82) is 0 Å². The van der Waals surface area contributed by atoms with Crippen LogP contribution < -0.4 is 5.32 Å². The number of piperidine rings is 1. The van der Waals surface area contributed by atoms with Crippen molar-refractivity contribution in [1.82, 2.24) is 10.2 Å². The van der Waals surface area contributed by atoms with Crippen LogP contribution in [0, 0.1) is 11.8 Å². The predicted octanol–water partition coefficient (Wildman–Crippen LogP) is 2.25. The molecule has 2 heterocycles. The summed E-state index contributed by atoms with van der Waals surface area (Å²) in [6.45, 7) is 5.38. The maximum atomic E-state index is 3.71. The van der Waals surface area contributed by atoms with E-state index in [1.54, 1.807) is 0 Å². The maximum Gasteiger partial charge on any atom is 0.0235 e. The summed E-state index contributed by atoms with van der Waals surface area (Å²) in [5.74, 6) is 1.99. The van der Waals surface area contributed by atoms with Gasteiger partial charge < -0.3 is 10.2 Å². The second-order valence-corrected chi connectivity index (χ2v) is 6.19. The van der Waals surface area contributed by atoms with Gasteiger partial charge in [-0.3, -0.25) is 0 Å². The lowest BCUT2D eigenvalue weighted by Crippen LogP contribution is -2.40. The highest BCUT2D eigenvalue weighted by Crippen LogP contribution is 2.29. The molecule has 0 aromatic rings. The first-order chi connectivity index (χ1) is 7.92. The van der Waals surface area contributed by atoms with E-state index in [4.69, 9.17) is 0 Å². The van der Waals surface area contributed by atoms with Crippen molar-refractivity contribution in [2.75, 3.05) is 26.2 Å². The number of rotatable bonds is 2. The first-order valence-electron chi connectivity index (χ1n) is 7.37. The van der Waals surface area contributed by atoms with Crippen molar-refractivity contribution in [3.63, 3.8) is 0 Å². The molecule has 2 saturated heterocycles. The zero-order valence-electron chi connectivity index (χ0n) is 10.5. The Morgan fingerprint density at radius 1 is 0.938 bits per heavy atom. The Hall–Kier alpha value is -0.0800. The fraction of sp³-hybridized carbons (Fsp3) is 1.00. The van der Waals surface area contributed by atoms with E-state index in [9.17, 15) is 0 Å². The normalized spacial score (nSPS) is 37.5. The summed E-state index contributed by atoms with van der Waals surface area (Å²) >= 11 is 0. The van der Waals surface area contributed by atoms with Crippen molar-refractivity contribution in [2.45, 2.75) is 51.0 Å². The van der Waals surface area contributed by atoms with Crippen LogP contribution in [0.3, 0.4) is 0 Å². The molecule has 3 aliphatic rings. The number of nitrogens with zero attached hydrogens (tertiary/aromatic N) is 1. The van der Waals surface area contributed by atoms with Gasteiger partial charge in [-0.15, -0.1) is 0 Å². The molecular formula is C14H26N2. The smallest absolute Gasteiger partial charge is 0.0235 e. The third kappa shape index (κ3) is 2.43. The largest absolute Gasteiger partial charge is 0.312 e. The molecule has 0 radical (unpaired) electrons. The number of likely N-dealkylation sites (tertiary alicyclic amines) is 1. The van der Waals surface area contributed by atoms with Crippen molar-refractivity contribution in [3.8, 4) is 0 Å². The molecule has 0 amide bonds. The molecule has 0 aromatic heterocycles. The van der Waals surface area contributed by atoms with Crippen molar-refractivity contribution >= 4 is 0 Å². The molecule has 0 spiro atoms. The van der Waals surface area contributed by atoms with E-state index in [1.807, 2.05) is 0 Å². The van der Waals surface area contributed by atoms with Crippen LogP contribution in [0.25, 0.3) is 0 Å². The van der Waals surface area contributed by atoms with Crippen LogP contribution in [-0.4, -0.2) is 37.1 Å². The summed E-state index contributed by atoms with van der Waals surface area (Å²) < 4.78 is 0. The number of nitrogens with one attached hydrogen (secondary N) is 1. The Balaban J connectivity index is 1.49. The Morgan fingerprint density at radius 2 is 1.81 bits per heavy atom. The molecule has 3 rings (SSSR count). The minimum Gasteiger partial charge on any atom is -0.312 e. The van der Waals surface area contributed by atoms with Crippen LogP contribution >= 0.6 is 0 Å². The quantitative estimate of drug-likeness (QED) is 0.771. The Kier molecular flexibility index (Phi) is 3.49. The Bertz CT molecular complexity index is 209. The van der Waals surface area contributed by atoms with Gasteiger partial charge in [0, 0.05) is 25.7 Å². The maximum absolute atomic E-state index is 3.71. The van der Waals surface area contributed by atoms with Gasteiger partial charge in [0.05, 0.1) is 0 Å². The average Bonchev–Trinajstić information content (AvgIpc) is 2.72. The van der Waals surface area contributed by atoms with Crippen LogP contribution in [0.2, 0.25) is 0 Å². The van der Waals surface area contributed by atoms with Gasteiger partial charge >= 0.3 is 0 Å². The standard InChI is InChI=1S/C14H26N2/c1-2-5-12(6-3-1)9-16-10-13-7-4-8-15-14(13)11-16/h12-15H,1-11H2. The van der Waals surface area contributed by atoms with Crippen LogP contribution in [-0.2, 0) is 0 Å². The lowest BCUT2D eigenvalue weighted by molar-refractivity contribution is 0.227. The van der Waals surface area contributed by atoms with E-state index in [1.165, 1.54) is 71.1 Å². The first-order valence-corrected chi connectivity index (χ1v) is 7.37. The zero-order chi connectivity index (χ0) is 10.8. The third-order valence-electron chi connectivity index (χ3n) is 4.92. The fourth-order valence-electron chi connectivity index (χ4n) is 4.02. The molecule has 1 saturated carbocycles. The van der Waals surface area contributed by atoms with Crippen molar-refractivity contribution in [3.05, 3.63) is 0 Å². The summed E-state index contributed by atoms with van der Waals surface area (Å²) in [4.78, 5) is 2.75. The van der Waals surface area contributed by atoms with E-state index in [2.05, 4.69) is 10.2 Å². The molecule has 2 nitrogen and oxygen atoms in total. The molecule has 2 atom stereocenters. The van der Waals surface area contributed by atoms with Gasteiger partial charge in [-0.2, -0.15) is 0 Å². The van der Waals surface area contributed by atoms with Crippen LogP contribution in [0.15, 0.2) is 0 Å². The topological polar surface area (TPSA) is 15.3 Å². The molecular weight excluding hydrogens is 196 g/mol. The summed E-state index contributed by atoms with van der Waals surface area (Å²) in [7, 11) is 0. The Morgan fingerprint density at radius 3 is 2.62 bits per heavy atom. The van der Waals surface area contributed by atoms with Crippen LogP contribution in [0.4, 0.5) is 0 Å². The summed E-state index contributed by atoms with van der Waals surface area (Å²) in [5, 5.41) is 3.71. The minimum absolute atomic E-state index is 0.831. The van der Waals surface area contributed by atoms with Gasteiger partial charge in [-0.25, -0.2) is 0 Å². The van der Waals surface area contributed by atoms with Crippen LogP contribution in [0.5, 0.6) is 0 Å². The predicted molar refractivity (Wildman–Crippen MR) is 67.5 cm³/mol. The van der Waals surface area contributed by atoms with E-state index in [0.29, 0.717) is 0 Å². The molecule has 3 fully saturated rings. The third-order valence-corrected chi connectivity index (χ3v) is 4.92. The number of hydrogen-bond donors (Lipinski definition) is 1. The SMILES string of the molecule is C1CCC(CN2CC3CCCNC3C2)CC1. The van der Waals surface area contributed by atoms with E-state index >= 15 is 0 Å². The van der Waals surface area contributed by atoms with Gasteiger partial charge in [0.25, 0.3) is 0 Å². The van der Waals surface area contributed by atoms with Gasteiger partial charge in [0.15, 0.2) is 0 Å². The van der Waals surface area contributed by atoms with Gasteiger partial charge in [0.2, 0.25) is 0 Å². The monoisotopic (exact) mass is 222 g/mol. The van der Waals surface area contributed by atoms with E-state index in [-0.39, 0.29) is 0 Å². The van der Waals surface area contributed by atoms with E-state index < -0.39 is 0 Å². The Labute approximate surface area is 99.8 Å². The highest BCUT2D eigenvalue weighted by atomic mass is 15.2. The van der Waals surface area contributed by atoms with Crippen molar-refractivity contribution < 1.29 is 0 Å². The molecule has 16 heavy (non-hydrogen) atoms. The summed E-state index contributed by atoms with van der Waals surface area (Å²) in [6.07, 6.45) is 10.3. The van der Waals surface area contributed by atoms with Gasteiger partial charge in [-0.1, -0.05) is 19.3 Å². The number of hydrogen-bond acceptors (Lipinski definition) is 2. The fourth-order valence-corrected chi connectivity index (χ4v) is 4.02. The first kappa shape index (κ1) is 11.0. The molecule has 0 aromatic carbocycles. The highest BCUT2D eigenvalue weighted by molar-refractivity contribution is 4.92. The molecule has 2 unspecified atom stereocenters. The summed E-state index contributed by atoms with van der Waals surface area (Å²) in [5.41, 5.74) is 0. The molecule has 2 heteroatoms. The van der Waals surface area contributed by atoms with Crippen molar-refractivity contribution in [2.24, 2.45) is 11.8 Å². The molecule has 92 valence electrons. The second kappa shape index (κ2) is 5.05. The van der Waals surface area contributed by atoms with E-state index in [0.717, 1.165) is 17.9 Å². The summed E-state index contributed by atoms with van der Waals surface area (Å²) in [6, 6.07) is 0.831. The molecule has 1 aliphatic carbocycles. The molecule has 2 aliphatic heterocycles. The minimum atomic E-state index is 0.831. The average molecular weight is 222 g/mol. The second-order valence-electron chi connectivity index (χ2n) is 6.19. The zero-order valence-corrected chi connectivity index (χ0v) is 10.5. The lowest BCUT2D eigenvalue weighted by atomic mass is 9.89. The highest BCUT2D eigenvalue weighted by Gasteiger charge is 2.34.